The third kappa shape index (κ3) is 3.05. The summed E-state index contributed by atoms with van der Waals surface area (Å²) >= 11 is 0. The monoisotopic (exact) mass is 284 g/mol. The number of hydrogen-bond donors (Lipinski definition) is 2. The molecule has 0 atom stereocenters. The highest BCUT2D eigenvalue weighted by atomic mass is 19.3. The number of aromatic nitrogens is 2. The number of fused-ring (bicyclic) bond motifs is 1. The predicted octanol–water partition coefficient (Wildman–Crippen LogP) is 1.12. The van der Waals surface area contributed by atoms with Gasteiger partial charge in [-0.15, -0.1) is 0 Å². The molecule has 110 valence electrons. The molecule has 0 amide bonds. The van der Waals surface area contributed by atoms with E-state index in [9.17, 15) is 8.78 Å². The first-order chi connectivity index (χ1) is 9.67. The molecule has 2 aromatic heterocycles. The maximum absolute atomic E-state index is 12.7. The Kier molecular flexibility index (Phi) is 4.86. The van der Waals surface area contributed by atoms with Crippen LogP contribution in [-0.4, -0.2) is 47.7 Å². The van der Waals surface area contributed by atoms with E-state index in [0.29, 0.717) is 18.0 Å². The highest BCUT2D eigenvalue weighted by Gasteiger charge is 2.20. The van der Waals surface area contributed by atoms with Crippen LogP contribution in [0.4, 0.5) is 14.6 Å². The third-order valence-electron chi connectivity index (χ3n) is 2.98. The summed E-state index contributed by atoms with van der Waals surface area (Å²) in [5.74, 6) is 0.486. The molecule has 7 heteroatoms. The molecule has 20 heavy (non-hydrogen) atoms. The van der Waals surface area contributed by atoms with Gasteiger partial charge in [0, 0.05) is 19.3 Å². The Hall–Kier alpha value is -1.73. The van der Waals surface area contributed by atoms with E-state index in [1.165, 1.54) is 4.90 Å². The van der Waals surface area contributed by atoms with E-state index in [-0.39, 0.29) is 13.2 Å². The Morgan fingerprint density at radius 2 is 2.25 bits per heavy atom. The second-order valence-electron chi connectivity index (χ2n) is 4.40. The van der Waals surface area contributed by atoms with Crippen molar-refractivity contribution in [3.63, 3.8) is 0 Å². The van der Waals surface area contributed by atoms with Gasteiger partial charge in [0.2, 0.25) is 0 Å². The van der Waals surface area contributed by atoms with E-state index >= 15 is 0 Å². The molecule has 0 spiro atoms. The fourth-order valence-electron chi connectivity index (χ4n) is 2.19. The highest BCUT2D eigenvalue weighted by Crippen LogP contribution is 2.22. The number of alkyl halides is 2. The number of rotatable bonds is 7. The number of aliphatic hydroxyl groups excluding tert-OH is 1. The maximum Gasteiger partial charge on any atom is 0.255 e. The number of imidazole rings is 1. The van der Waals surface area contributed by atoms with Crippen molar-refractivity contribution in [3.8, 4) is 0 Å². The summed E-state index contributed by atoms with van der Waals surface area (Å²) in [5.41, 5.74) is 1.50. The average Bonchev–Trinajstić information content (AvgIpc) is 2.77. The van der Waals surface area contributed by atoms with Gasteiger partial charge in [0.05, 0.1) is 18.8 Å². The van der Waals surface area contributed by atoms with Gasteiger partial charge in [-0.25, -0.2) is 13.8 Å². The van der Waals surface area contributed by atoms with Gasteiger partial charge in [0.1, 0.15) is 5.65 Å². The lowest BCUT2D eigenvalue weighted by molar-refractivity contribution is 0.152. The molecule has 0 aliphatic heterocycles. The van der Waals surface area contributed by atoms with Crippen molar-refractivity contribution in [1.82, 2.24) is 14.7 Å². The number of pyridine rings is 1. The molecular formula is C13H18F2N4O. The number of hydrogen-bond acceptors (Lipinski definition) is 4. The van der Waals surface area contributed by atoms with Crippen LogP contribution in [0, 0.1) is 0 Å². The predicted molar refractivity (Wildman–Crippen MR) is 73.3 cm³/mol. The zero-order valence-corrected chi connectivity index (χ0v) is 11.3. The molecular weight excluding hydrogens is 266 g/mol. The summed E-state index contributed by atoms with van der Waals surface area (Å²) in [7, 11) is 1.79. The summed E-state index contributed by atoms with van der Waals surface area (Å²) in [6, 6.07) is 5.53. The Balaban J connectivity index is 2.46. The van der Waals surface area contributed by atoms with E-state index in [1.807, 2.05) is 28.8 Å². The van der Waals surface area contributed by atoms with Crippen LogP contribution in [0.15, 0.2) is 24.4 Å². The molecule has 2 rings (SSSR count). The minimum absolute atomic E-state index is 0.130. The Labute approximate surface area is 115 Å². The largest absolute Gasteiger partial charge is 0.395 e. The van der Waals surface area contributed by atoms with Crippen LogP contribution in [0.5, 0.6) is 0 Å². The third-order valence-corrected chi connectivity index (χ3v) is 2.98. The van der Waals surface area contributed by atoms with Gasteiger partial charge >= 0.3 is 0 Å². The van der Waals surface area contributed by atoms with Crippen molar-refractivity contribution in [3.05, 3.63) is 30.1 Å². The summed E-state index contributed by atoms with van der Waals surface area (Å²) < 4.78 is 27.2. The van der Waals surface area contributed by atoms with Gasteiger partial charge in [-0.1, -0.05) is 6.07 Å². The fourth-order valence-corrected chi connectivity index (χ4v) is 2.19. The molecule has 0 saturated heterocycles. The minimum Gasteiger partial charge on any atom is -0.395 e. The van der Waals surface area contributed by atoms with Gasteiger partial charge in [0.15, 0.2) is 5.82 Å². The fraction of sp³-hybridized carbons (Fsp3) is 0.462. The van der Waals surface area contributed by atoms with Gasteiger partial charge in [0.25, 0.3) is 6.43 Å². The zero-order chi connectivity index (χ0) is 14.5. The first-order valence-corrected chi connectivity index (χ1v) is 6.42. The standard InChI is InChI=1S/C13H18F2N4O/c1-16-8-10-13(18(6-7-20)9-11(14)15)17-12-4-2-3-5-19(10)12/h2-5,11,16,20H,6-9H2,1H3. The van der Waals surface area contributed by atoms with Crippen molar-refractivity contribution < 1.29 is 13.9 Å². The molecule has 0 saturated carbocycles. The molecule has 2 aromatic rings. The van der Waals surface area contributed by atoms with Crippen molar-refractivity contribution >= 4 is 11.5 Å². The summed E-state index contributed by atoms with van der Waals surface area (Å²) in [6.45, 7) is -0.00262. The number of nitrogens with zero attached hydrogens (tertiary/aromatic N) is 3. The summed E-state index contributed by atoms with van der Waals surface area (Å²) in [4.78, 5) is 5.83. The molecule has 0 fully saturated rings. The zero-order valence-electron chi connectivity index (χ0n) is 11.3. The molecule has 0 unspecified atom stereocenters. The van der Waals surface area contributed by atoms with Crippen LogP contribution in [0.2, 0.25) is 0 Å². The Bertz CT molecular complexity index is 558. The van der Waals surface area contributed by atoms with Crippen LogP contribution in [0.3, 0.4) is 0 Å². The van der Waals surface area contributed by atoms with Crippen LogP contribution in [0.25, 0.3) is 5.65 Å². The number of anilines is 1. The molecule has 0 aromatic carbocycles. The molecule has 0 radical (unpaired) electrons. The summed E-state index contributed by atoms with van der Waals surface area (Å²) in [5, 5.41) is 12.1. The number of halogens is 2. The minimum atomic E-state index is -2.48. The van der Waals surface area contributed by atoms with Gasteiger partial charge < -0.3 is 19.7 Å². The molecule has 2 N–H and O–H groups in total. The van der Waals surface area contributed by atoms with Crippen molar-refractivity contribution in [2.75, 3.05) is 31.6 Å². The topological polar surface area (TPSA) is 52.8 Å². The van der Waals surface area contributed by atoms with Gasteiger partial charge in [-0.2, -0.15) is 0 Å². The smallest absolute Gasteiger partial charge is 0.255 e. The Morgan fingerprint density at radius 1 is 1.45 bits per heavy atom. The SMILES string of the molecule is CNCc1c(N(CCO)CC(F)F)nc2ccccn12. The van der Waals surface area contributed by atoms with Crippen LogP contribution < -0.4 is 10.2 Å². The van der Waals surface area contributed by atoms with Crippen molar-refractivity contribution in [2.24, 2.45) is 0 Å². The summed E-state index contributed by atoms with van der Waals surface area (Å²) in [6.07, 6.45) is -0.633. The van der Waals surface area contributed by atoms with Crippen LogP contribution >= 0.6 is 0 Å². The average molecular weight is 284 g/mol. The lowest BCUT2D eigenvalue weighted by atomic mass is 10.3. The van der Waals surface area contributed by atoms with E-state index in [0.717, 1.165) is 5.69 Å². The van der Waals surface area contributed by atoms with E-state index in [2.05, 4.69) is 10.3 Å². The second-order valence-corrected chi connectivity index (χ2v) is 4.40. The lowest BCUT2D eigenvalue weighted by Gasteiger charge is -2.22. The molecule has 2 heterocycles. The first-order valence-electron chi connectivity index (χ1n) is 6.42. The number of nitrogens with one attached hydrogen (secondary N) is 1. The second kappa shape index (κ2) is 6.62. The van der Waals surface area contributed by atoms with Gasteiger partial charge in [-0.05, 0) is 19.2 Å². The van der Waals surface area contributed by atoms with Gasteiger partial charge in [-0.3, -0.25) is 0 Å². The van der Waals surface area contributed by atoms with E-state index < -0.39 is 13.0 Å². The van der Waals surface area contributed by atoms with Crippen molar-refractivity contribution in [2.45, 2.75) is 13.0 Å². The van der Waals surface area contributed by atoms with Crippen LogP contribution in [0.1, 0.15) is 5.69 Å². The molecule has 5 nitrogen and oxygen atoms in total. The first kappa shape index (κ1) is 14.7. The highest BCUT2D eigenvalue weighted by molar-refractivity contribution is 5.56. The van der Waals surface area contributed by atoms with Crippen molar-refractivity contribution in [1.29, 1.82) is 0 Å². The molecule has 0 aliphatic carbocycles. The Morgan fingerprint density at radius 3 is 2.90 bits per heavy atom. The number of aliphatic hydroxyl groups is 1. The lowest BCUT2D eigenvalue weighted by Crippen LogP contribution is -2.33. The normalized spacial score (nSPS) is 11.4. The van der Waals surface area contributed by atoms with E-state index in [1.54, 1.807) is 7.05 Å². The van der Waals surface area contributed by atoms with E-state index in [4.69, 9.17) is 5.11 Å². The van der Waals surface area contributed by atoms with Crippen LogP contribution in [-0.2, 0) is 6.54 Å². The molecule has 0 aliphatic rings. The quantitative estimate of drug-likeness (QED) is 0.800. The molecule has 0 bridgehead atoms. The maximum atomic E-state index is 12.7.